The van der Waals surface area contributed by atoms with Crippen molar-refractivity contribution in [2.24, 2.45) is 33.8 Å². The van der Waals surface area contributed by atoms with Crippen LogP contribution in [0, 0.1) is 5.92 Å². The second-order valence-electron chi connectivity index (χ2n) is 20.1. The van der Waals surface area contributed by atoms with Crippen LogP contribution in [-0.2, 0) is 60.8 Å². The highest BCUT2D eigenvalue weighted by molar-refractivity contribution is 8.77. The number of carbonyl (C=O) groups is 10. The van der Waals surface area contributed by atoms with Gasteiger partial charge < -0.3 is 69.8 Å². The molecule has 2 aliphatic heterocycles. The first-order valence-corrected chi connectivity index (χ1v) is 28.5. The number of ether oxygens (including phenoxy) is 1. The van der Waals surface area contributed by atoms with Crippen LogP contribution >= 0.6 is 21.6 Å². The van der Waals surface area contributed by atoms with E-state index in [9.17, 15) is 47.9 Å². The highest BCUT2D eigenvalue weighted by atomic mass is 33.1. The van der Waals surface area contributed by atoms with Crippen LogP contribution in [0.25, 0.3) is 0 Å². The van der Waals surface area contributed by atoms with Crippen LogP contribution in [0.1, 0.15) is 95.6 Å². The SMILES string of the molecule is COc1ccc(C[C@@H]2NC(=O)CC3(CCCCC3)SSC[C@@H](C(=O)N3CCC[C@H]3C(=O)N[C@@H](CCCN=C(N)N)C(=O)NCC(N)=O)NC(=O)[C@H](CC(N)=O)NC(=O)[C@H](C(C)C)NC(=O)[C@H](Cc3ccccc3)NC2=O)cc1. The number of hydrogen-bond donors (Lipinski definition) is 11. The van der Waals surface area contributed by atoms with Gasteiger partial charge in [-0.1, -0.05) is 97.2 Å². The predicted molar refractivity (Wildman–Crippen MR) is 294 cm³/mol. The topological polar surface area (TPSA) is 384 Å². The first-order valence-electron chi connectivity index (χ1n) is 26.2. The Morgan fingerprint density at radius 2 is 1.40 bits per heavy atom. The molecular formula is C52H75N13O11S2. The van der Waals surface area contributed by atoms with E-state index in [0.29, 0.717) is 36.1 Å². The molecule has 3 fully saturated rings. The molecule has 0 unspecified atom stereocenters. The maximum absolute atomic E-state index is 14.9. The third-order valence-corrected chi connectivity index (χ3v) is 17.0. The van der Waals surface area contributed by atoms with Crippen molar-refractivity contribution in [3.63, 3.8) is 0 Å². The monoisotopic (exact) mass is 1120 g/mol. The van der Waals surface area contributed by atoms with Gasteiger partial charge in [0, 0.05) is 42.9 Å². The Bertz CT molecular complexity index is 2480. The number of nitrogens with one attached hydrogen (secondary N) is 7. The van der Waals surface area contributed by atoms with Gasteiger partial charge in [-0.05, 0) is 67.7 Å². The van der Waals surface area contributed by atoms with Gasteiger partial charge in [0.15, 0.2) is 5.96 Å². The maximum Gasteiger partial charge on any atom is 0.246 e. The van der Waals surface area contributed by atoms with Crippen molar-refractivity contribution in [1.29, 1.82) is 0 Å². The summed E-state index contributed by atoms with van der Waals surface area (Å²) in [5.74, 6) is -7.93. The van der Waals surface area contributed by atoms with Gasteiger partial charge in [0.1, 0.15) is 48.0 Å². The summed E-state index contributed by atoms with van der Waals surface area (Å²) in [6.07, 6.45) is 3.75. The lowest BCUT2D eigenvalue weighted by atomic mass is 9.85. The normalized spacial score (nSPS) is 23.0. The quantitative estimate of drug-likeness (QED) is 0.0371. The minimum Gasteiger partial charge on any atom is -0.497 e. The molecule has 3 aliphatic rings. The van der Waals surface area contributed by atoms with Crippen LogP contribution in [0.15, 0.2) is 59.6 Å². The molecule has 15 N–H and O–H groups in total. The van der Waals surface area contributed by atoms with E-state index in [2.05, 4.69) is 42.2 Å². The van der Waals surface area contributed by atoms with Crippen LogP contribution in [0.4, 0.5) is 0 Å². The fourth-order valence-electron chi connectivity index (χ4n) is 9.54. The molecule has 1 spiro atoms. The number of nitrogens with zero attached hydrogens (tertiary/aromatic N) is 2. The molecule has 2 heterocycles. The number of rotatable bonds is 18. The Balaban J connectivity index is 1.52. The number of primary amides is 2. The lowest BCUT2D eigenvalue weighted by Gasteiger charge is -2.37. The van der Waals surface area contributed by atoms with Crippen LogP contribution < -0.4 is 64.9 Å². The van der Waals surface area contributed by atoms with Crippen molar-refractivity contribution in [1.82, 2.24) is 42.1 Å². The van der Waals surface area contributed by atoms with Crippen molar-refractivity contribution in [2.75, 3.05) is 32.5 Å². The molecule has 2 saturated heterocycles. The highest BCUT2D eigenvalue weighted by Gasteiger charge is 2.42. The van der Waals surface area contributed by atoms with E-state index in [1.165, 1.54) is 33.6 Å². The predicted octanol–water partition coefficient (Wildman–Crippen LogP) is -0.945. The summed E-state index contributed by atoms with van der Waals surface area (Å²) in [5, 5.41) is 19.0. The molecule has 0 aromatic heterocycles. The van der Waals surface area contributed by atoms with Gasteiger partial charge in [-0.25, -0.2) is 0 Å². The molecule has 426 valence electrons. The number of benzene rings is 2. The van der Waals surface area contributed by atoms with E-state index in [1.54, 1.807) is 68.4 Å². The molecule has 0 bridgehead atoms. The largest absolute Gasteiger partial charge is 0.497 e. The first kappa shape index (κ1) is 61.8. The Hall–Kier alpha value is -7.09. The number of carbonyl (C=O) groups excluding carboxylic acids is 10. The van der Waals surface area contributed by atoms with E-state index in [4.69, 9.17) is 27.7 Å². The molecule has 1 aliphatic carbocycles. The Labute approximate surface area is 461 Å². The summed E-state index contributed by atoms with van der Waals surface area (Å²) in [6, 6.07) is 6.71. The first-order chi connectivity index (χ1) is 37.2. The number of methoxy groups -OCH3 is 1. The molecule has 2 aromatic carbocycles. The summed E-state index contributed by atoms with van der Waals surface area (Å²) in [7, 11) is 4.11. The van der Waals surface area contributed by atoms with Crippen molar-refractivity contribution in [2.45, 2.75) is 144 Å². The standard InChI is InChI=1S/C52H75N13O11S2/c1-30(2)43-49(74)62-37(26-40(53)66)46(71)63-38(50(75)65-23-11-15-39(65)48(73)60-34(14-10-22-57-51(55)56)44(69)58-28-41(54)67)29-77-78-52(20-8-5-9-21-52)27-42(68)59-35(25-32-16-18-33(76-3)19-17-32)45(70)61-36(47(72)64-43)24-31-12-6-4-7-13-31/h4,6-7,12-13,16-19,30,34-39,43H,5,8-11,14-15,20-29H2,1-3H3,(H2,53,66)(H2,54,67)(H,58,69)(H,59,68)(H,60,73)(H,61,70)(H,62,74)(H,63,71)(H,64,72)(H4,55,56,57)/t34-,35-,36-,37-,38-,39-,43-/m0/s1. The van der Waals surface area contributed by atoms with E-state index in [1.807, 2.05) is 0 Å². The second kappa shape index (κ2) is 30.2. The molecule has 1 saturated carbocycles. The number of nitrogens with two attached hydrogens (primary N) is 4. The van der Waals surface area contributed by atoms with E-state index in [0.717, 1.165) is 19.3 Å². The van der Waals surface area contributed by atoms with Gasteiger partial charge >= 0.3 is 0 Å². The number of guanidine groups is 1. The van der Waals surface area contributed by atoms with Crippen molar-refractivity contribution in [3.8, 4) is 5.75 Å². The van der Waals surface area contributed by atoms with Crippen LogP contribution in [0.5, 0.6) is 5.75 Å². The van der Waals surface area contributed by atoms with Gasteiger partial charge in [0.25, 0.3) is 0 Å². The van der Waals surface area contributed by atoms with E-state index < -0.39 is 125 Å². The number of likely N-dealkylation sites (tertiary alicyclic amines) is 1. The number of aliphatic imine (C=N–C) groups is 1. The Morgan fingerprint density at radius 3 is 2.03 bits per heavy atom. The van der Waals surface area contributed by atoms with Crippen LogP contribution in [0.2, 0.25) is 0 Å². The van der Waals surface area contributed by atoms with Crippen molar-refractivity contribution < 1.29 is 52.7 Å². The average molecular weight is 1120 g/mol. The van der Waals surface area contributed by atoms with Crippen molar-refractivity contribution >= 4 is 86.6 Å². The number of hydrogen-bond acceptors (Lipinski definition) is 14. The van der Waals surface area contributed by atoms with Gasteiger partial charge in [-0.3, -0.25) is 52.9 Å². The fraction of sp³-hybridized carbons (Fsp3) is 0.558. The molecule has 10 amide bonds. The van der Waals surface area contributed by atoms with E-state index >= 15 is 0 Å². The average Bonchev–Trinajstić information content (AvgIpc) is 3.90. The third-order valence-electron chi connectivity index (χ3n) is 13.6. The lowest BCUT2D eigenvalue weighted by molar-refractivity contribution is -0.142. The fourth-order valence-corrected chi connectivity index (χ4v) is 12.9. The number of amides is 10. The van der Waals surface area contributed by atoms with Gasteiger partial charge in [-0.2, -0.15) is 0 Å². The molecular weight excluding hydrogens is 1050 g/mol. The zero-order valence-corrected chi connectivity index (χ0v) is 46.0. The summed E-state index contributed by atoms with van der Waals surface area (Å²) in [5.41, 5.74) is 23.2. The van der Waals surface area contributed by atoms with Crippen molar-refractivity contribution in [3.05, 3.63) is 65.7 Å². The molecule has 7 atom stereocenters. The Kier molecular flexibility index (Phi) is 23.9. The highest BCUT2D eigenvalue weighted by Crippen LogP contribution is 2.48. The lowest BCUT2D eigenvalue weighted by Crippen LogP contribution is -2.61. The summed E-state index contributed by atoms with van der Waals surface area (Å²) in [4.78, 5) is 144. The van der Waals surface area contributed by atoms with Gasteiger partial charge in [-0.15, -0.1) is 0 Å². The summed E-state index contributed by atoms with van der Waals surface area (Å²) in [6.45, 7) is 2.98. The van der Waals surface area contributed by atoms with Gasteiger partial charge in [0.05, 0.1) is 20.1 Å². The zero-order valence-electron chi connectivity index (χ0n) is 44.3. The third kappa shape index (κ3) is 19.1. The Morgan fingerprint density at radius 1 is 0.769 bits per heavy atom. The smallest absolute Gasteiger partial charge is 0.246 e. The maximum atomic E-state index is 14.9. The molecule has 26 heteroatoms. The molecule has 24 nitrogen and oxygen atoms in total. The molecule has 5 rings (SSSR count). The summed E-state index contributed by atoms with van der Waals surface area (Å²) >= 11 is 0. The van der Waals surface area contributed by atoms with Gasteiger partial charge in [0.2, 0.25) is 59.1 Å². The minimum absolute atomic E-state index is 0.0136. The van der Waals surface area contributed by atoms with E-state index in [-0.39, 0.29) is 63.3 Å². The second-order valence-corrected chi connectivity index (χ2v) is 22.9. The molecule has 2 aromatic rings. The molecule has 78 heavy (non-hydrogen) atoms. The van der Waals surface area contributed by atoms with Crippen LogP contribution in [-0.4, -0.2) is 149 Å². The minimum atomic E-state index is -1.66. The molecule has 0 radical (unpaired) electrons. The van der Waals surface area contributed by atoms with Crippen LogP contribution in [0.3, 0.4) is 0 Å². The zero-order chi connectivity index (χ0) is 56.9. The summed E-state index contributed by atoms with van der Waals surface area (Å²) < 4.78 is 4.63.